The first kappa shape index (κ1) is 32.6. The predicted octanol–water partition coefficient (Wildman–Crippen LogP) is 7.73. The maximum atomic E-state index is 13.7. The van der Waals surface area contributed by atoms with Gasteiger partial charge in [0.25, 0.3) is 0 Å². The molecule has 0 saturated carbocycles. The molecule has 34 heavy (non-hydrogen) atoms. The third-order valence-corrected chi connectivity index (χ3v) is 7.89. The molecule has 0 aromatic rings. The Kier molecular flexibility index (Phi) is 10.6. The van der Waals surface area contributed by atoms with Crippen LogP contribution in [-0.2, 0) is 19.1 Å². The molecule has 0 aromatic heterocycles. The Balaban J connectivity index is 6.03. The molecule has 0 rings (SSSR count). The average Bonchev–Trinajstić information content (AvgIpc) is 2.71. The molecule has 0 bridgehead atoms. The van der Waals surface area contributed by atoms with E-state index in [4.69, 9.17) is 4.74 Å². The number of rotatable bonds is 13. The number of ether oxygens (including phenoxy) is 2. The van der Waals surface area contributed by atoms with Gasteiger partial charge in [-0.15, -0.1) is 0 Å². The molecule has 0 spiro atoms. The Morgan fingerprint density at radius 3 is 1.65 bits per heavy atom. The van der Waals surface area contributed by atoms with Gasteiger partial charge in [-0.05, 0) is 50.4 Å². The second-order valence-corrected chi connectivity index (χ2v) is 11.1. The van der Waals surface area contributed by atoms with Crippen LogP contribution in [0.4, 0.5) is 22.0 Å². The zero-order valence-electron chi connectivity index (χ0n) is 22.3. The van der Waals surface area contributed by atoms with Crippen LogP contribution in [-0.4, -0.2) is 36.2 Å². The van der Waals surface area contributed by atoms with Gasteiger partial charge in [0.2, 0.25) is 0 Å². The van der Waals surface area contributed by atoms with Crippen molar-refractivity contribution < 1.29 is 41.0 Å². The first-order chi connectivity index (χ1) is 15.1. The van der Waals surface area contributed by atoms with Crippen molar-refractivity contribution in [2.75, 3.05) is 6.61 Å². The SMILES string of the molecule is CCC(C(=O)OCC(F)(F)C(F)(F)F)C(C)(CC)OC(=O)C(C)(CC(C)(C)CC)C(C)(C)CC. The lowest BCUT2D eigenvalue weighted by atomic mass is 9.58. The van der Waals surface area contributed by atoms with Crippen LogP contribution in [0.5, 0.6) is 0 Å². The molecule has 0 aromatic carbocycles. The van der Waals surface area contributed by atoms with Gasteiger partial charge in [-0.3, -0.25) is 9.59 Å². The fourth-order valence-corrected chi connectivity index (χ4v) is 3.97. The van der Waals surface area contributed by atoms with E-state index in [0.717, 1.165) is 6.42 Å². The number of esters is 2. The molecule has 0 aliphatic heterocycles. The molecule has 202 valence electrons. The van der Waals surface area contributed by atoms with Crippen LogP contribution in [0.15, 0.2) is 0 Å². The Labute approximate surface area is 201 Å². The van der Waals surface area contributed by atoms with Crippen molar-refractivity contribution in [3.05, 3.63) is 0 Å². The topological polar surface area (TPSA) is 52.6 Å². The lowest BCUT2D eigenvalue weighted by Crippen LogP contribution is -2.52. The minimum Gasteiger partial charge on any atom is -0.459 e. The van der Waals surface area contributed by atoms with Crippen molar-refractivity contribution in [3.63, 3.8) is 0 Å². The van der Waals surface area contributed by atoms with Crippen LogP contribution in [0.1, 0.15) is 101 Å². The van der Waals surface area contributed by atoms with E-state index in [1.54, 1.807) is 13.8 Å². The van der Waals surface area contributed by atoms with E-state index in [-0.39, 0.29) is 18.3 Å². The smallest absolute Gasteiger partial charge is 0.456 e. The molecule has 3 atom stereocenters. The molecule has 0 aliphatic rings. The highest BCUT2D eigenvalue weighted by molar-refractivity contribution is 5.79. The number of alkyl halides is 5. The van der Waals surface area contributed by atoms with Crippen LogP contribution < -0.4 is 0 Å². The van der Waals surface area contributed by atoms with Gasteiger partial charge in [0.05, 0.1) is 11.3 Å². The van der Waals surface area contributed by atoms with Gasteiger partial charge in [0.15, 0.2) is 6.61 Å². The number of carbonyl (C=O) groups is 2. The summed E-state index contributed by atoms with van der Waals surface area (Å²) in [6.45, 7) is 16.5. The first-order valence-corrected chi connectivity index (χ1v) is 11.9. The third kappa shape index (κ3) is 7.30. The second-order valence-electron chi connectivity index (χ2n) is 11.1. The Morgan fingerprint density at radius 2 is 1.29 bits per heavy atom. The Bertz CT molecular complexity index is 702. The molecule has 4 nitrogen and oxygen atoms in total. The third-order valence-electron chi connectivity index (χ3n) is 7.89. The van der Waals surface area contributed by atoms with Crippen LogP contribution in [0, 0.1) is 22.2 Å². The van der Waals surface area contributed by atoms with Gasteiger partial charge in [-0.2, -0.15) is 22.0 Å². The number of hydrogen-bond acceptors (Lipinski definition) is 4. The second kappa shape index (κ2) is 11.1. The summed E-state index contributed by atoms with van der Waals surface area (Å²) >= 11 is 0. The summed E-state index contributed by atoms with van der Waals surface area (Å²) in [7, 11) is 0. The summed E-state index contributed by atoms with van der Waals surface area (Å²) in [6, 6.07) is 0. The van der Waals surface area contributed by atoms with Gasteiger partial charge < -0.3 is 9.47 Å². The zero-order valence-corrected chi connectivity index (χ0v) is 22.3. The Hall–Kier alpha value is -1.41. The summed E-state index contributed by atoms with van der Waals surface area (Å²) in [5, 5.41) is 0. The van der Waals surface area contributed by atoms with Gasteiger partial charge in [0.1, 0.15) is 5.60 Å². The van der Waals surface area contributed by atoms with E-state index >= 15 is 0 Å². The van der Waals surface area contributed by atoms with Crippen LogP contribution in [0.3, 0.4) is 0 Å². The van der Waals surface area contributed by atoms with Crippen molar-refractivity contribution in [3.8, 4) is 0 Å². The highest BCUT2D eigenvalue weighted by atomic mass is 19.4. The number of carbonyl (C=O) groups excluding carboxylic acids is 2. The molecular weight excluding hydrogens is 459 g/mol. The fourth-order valence-electron chi connectivity index (χ4n) is 3.97. The summed E-state index contributed by atoms with van der Waals surface area (Å²) in [5.74, 6) is -8.17. The van der Waals surface area contributed by atoms with Crippen molar-refractivity contribution >= 4 is 11.9 Å². The quantitative estimate of drug-likeness (QED) is 0.191. The molecule has 0 radical (unpaired) electrons. The first-order valence-electron chi connectivity index (χ1n) is 11.9. The predicted molar refractivity (Wildman–Crippen MR) is 121 cm³/mol. The average molecular weight is 503 g/mol. The highest BCUT2D eigenvalue weighted by Gasteiger charge is 2.59. The van der Waals surface area contributed by atoms with Crippen LogP contribution in [0.25, 0.3) is 0 Å². The zero-order chi connectivity index (χ0) is 27.4. The van der Waals surface area contributed by atoms with Gasteiger partial charge in [-0.25, -0.2) is 0 Å². The molecule has 0 N–H and O–H groups in total. The van der Waals surface area contributed by atoms with E-state index in [2.05, 4.69) is 18.6 Å². The fraction of sp³-hybridized carbons (Fsp3) is 0.920. The summed E-state index contributed by atoms with van der Waals surface area (Å²) in [4.78, 5) is 26.3. The molecule has 0 amide bonds. The van der Waals surface area contributed by atoms with Crippen molar-refractivity contribution in [2.45, 2.75) is 119 Å². The lowest BCUT2D eigenvalue weighted by molar-refractivity contribution is -0.294. The minimum atomic E-state index is -5.84. The standard InChI is InChI=1S/C25H43F5O4/c1-11-17(18(31)33-16-24(26,27)25(28,29)30)23(10,14-4)34-19(32)22(9,21(7,8)13-3)15-20(5,6)12-2/h17H,11-16H2,1-10H3. The van der Waals surface area contributed by atoms with Crippen molar-refractivity contribution in [1.29, 1.82) is 0 Å². The van der Waals surface area contributed by atoms with Gasteiger partial charge >= 0.3 is 24.0 Å². The van der Waals surface area contributed by atoms with Crippen LogP contribution in [0.2, 0.25) is 0 Å². The number of hydrogen-bond donors (Lipinski definition) is 0. The molecule has 0 heterocycles. The van der Waals surface area contributed by atoms with Gasteiger partial charge in [0, 0.05) is 0 Å². The monoisotopic (exact) mass is 502 g/mol. The number of halogens is 5. The Morgan fingerprint density at radius 1 is 0.794 bits per heavy atom. The molecule has 3 unspecified atom stereocenters. The van der Waals surface area contributed by atoms with E-state index in [0.29, 0.717) is 12.8 Å². The summed E-state index contributed by atoms with van der Waals surface area (Å²) in [6.07, 6.45) is -3.67. The highest BCUT2D eigenvalue weighted by Crippen LogP contribution is 2.51. The minimum absolute atomic E-state index is 0.0301. The molecule has 0 fully saturated rings. The van der Waals surface area contributed by atoms with Crippen molar-refractivity contribution in [2.24, 2.45) is 22.2 Å². The molecule has 0 saturated heterocycles. The maximum absolute atomic E-state index is 13.7. The van der Waals surface area contributed by atoms with E-state index in [1.165, 1.54) is 6.92 Å². The van der Waals surface area contributed by atoms with Crippen LogP contribution >= 0.6 is 0 Å². The lowest BCUT2D eigenvalue weighted by Gasteiger charge is -2.48. The maximum Gasteiger partial charge on any atom is 0.456 e. The van der Waals surface area contributed by atoms with E-state index in [9.17, 15) is 31.5 Å². The summed E-state index contributed by atoms with van der Waals surface area (Å²) in [5.41, 5.74) is -3.04. The molecule has 9 heteroatoms. The molecule has 0 aliphatic carbocycles. The normalized spacial score (nSPS) is 18.0. The van der Waals surface area contributed by atoms with Gasteiger partial charge in [-0.1, -0.05) is 61.8 Å². The molecular formula is C25H43F5O4. The summed E-state index contributed by atoms with van der Waals surface area (Å²) < 4.78 is 74.3. The largest absolute Gasteiger partial charge is 0.459 e. The van der Waals surface area contributed by atoms with E-state index in [1.807, 2.05) is 34.6 Å². The van der Waals surface area contributed by atoms with E-state index < -0.39 is 53.0 Å². The van der Waals surface area contributed by atoms with Crippen molar-refractivity contribution in [1.82, 2.24) is 0 Å².